The predicted molar refractivity (Wildman–Crippen MR) is 61.8 cm³/mol. The summed E-state index contributed by atoms with van der Waals surface area (Å²) in [5.41, 5.74) is 6.10. The Bertz CT molecular complexity index is 222. The first-order valence-corrected chi connectivity index (χ1v) is 6.22. The van der Waals surface area contributed by atoms with Crippen molar-refractivity contribution in [3.8, 4) is 0 Å². The lowest BCUT2D eigenvalue weighted by atomic mass is 9.93. The second-order valence-corrected chi connectivity index (χ2v) is 5.50. The maximum Gasteiger partial charge on any atom is 0.0726 e. The van der Waals surface area contributed by atoms with Gasteiger partial charge in [-0.3, -0.25) is 0 Å². The van der Waals surface area contributed by atoms with Crippen LogP contribution in [0.2, 0.25) is 0 Å². The van der Waals surface area contributed by atoms with E-state index in [9.17, 15) is 0 Å². The first-order valence-electron chi connectivity index (χ1n) is 6.22. The normalized spacial score (nSPS) is 46.2. The Hall–Kier alpha value is -0.120. The number of nitrogens with one attached hydrogen (secondary N) is 1. The van der Waals surface area contributed by atoms with Gasteiger partial charge in [-0.2, -0.15) is 0 Å². The molecule has 0 aromatic carbocycles. The maximum atomic E-state index is 5.92. The van der Waals surface area contributed by atoms with Crippen molar-refractivity contribution in [2.24, 2.45) is 11.7 Å². The summed E-state index contributed by atoms with van der Waals surface area (Å²) in [4.78, 5) is 0. The highest BCUT2D eigenvalue weighted by Crippen LogP contribution is 2.28. The van der Waals surface area contributed by atoms with Crippen molar-refractivity contribution >= 4 is 0 Å². The van der Waals surface area contributed by atoms with Gasteiger partial charge < -0.3 is 15.8 Å². The van der Waals surface area contributed by atoms with Crippen molar-refractivity contribution < 1.29 is 4.74 Å². The summed E-state index contributed by atoms with van der Waals surface area (Å²) in [5, 5.41) is 3.69. The monoisotopic (exact) mass is 212 g/mol. The second kappa shape index (κ2) is 4.40. The van der Waals surface area contributed by atoms with Gasteiger partial charge in [0.25, 0.3) is 0 Å². The van der Waals surface area contributed by atoms with Crippen LogP contribution < -0.4 is 11.1 Å². The van der Waals surface area contributed by atoms with Crippen molar-refractivity contribution in [2.75, 3.05) is 13.2 Å². The molecule has 1 aliphatic carbocycles. The molecule has 88 valence electrons. The van der Waals surface area contributed by atoms with Gasteiger partial charge in [-0.05, 0) is 52.0 Å². The van der Waals surface area contributed by atoms with Crippen LogP contribution in [0.15, 0.2) is 0 Å². The van der Waals surface area contributed by atoms with Crippen molar-refractivity contribution in [3.63, 3.8) is 0 Å². The van der Waals surface area contributed by atoms with Gasteiger partial charge in [0.2, 0.25) is 0 Å². The predicted octanol–water partition coefficient (Wildman–Crippen LogP) is 1.27. The Labute approximate surface area is 92.7 Å². The summed E-state index contributed by atoms with van der Waals surface area (Å²) in [6, 6.07) is 0.446. The molecule has 2 rings (SSSR count). The summed E-state index contributed by atoms with van der Waals surface area (Å²) >= 11 is 0. The molecule has 0 spiro atoms. The van der Waals surface area contributed by atoms with Crippen molar-refractivity contribution in [1.82, 2.24) is 5.32 Å². The molecule has 2 aliphatic rings. The number of hydrogen-bond donors (Lipinski definition) is 2. The van der Waals surface area contributed by atoms with Crippen LogP contribution in [0.4, 0.5) is 0 Å². The maximum absolute atomic E-state index is 5.92. The highest BCUT2D eigenvalue weighted by Gasteiger charge is 2.37. The van der Waals surface area contributed by atoms with E-state index < -0.39 is 0 Å². The molecule has 0 radical (unpaired) electrons. The molecule has 1 saturated heterocycles. The number of ether oxygens (including phenoxy) is 1. The molecular weight excluding hydrogens is 188 g/mol. The quantitative estimate of drug-likeness (QED) is 0.740. The fourth-order valence-corrected chi connectivity index (χ4v) is 2.74. The lowest BCUT2D eigenvalue weighted by Crippen LogP contribution is -2.49. The Balaban J connectivity index is 1.77. The fraction of sp³-hybridized carbons (Fsp3) is 1.00. The molecule has 0 aromatic rings. The van der Waals surface area contributed by atoms with Gasteiger partial charge in [0.05, 0.1) is 6.10 Å². The van der Waals surface area contributed by atoms with E-state index >= 15 is 0 Å². The third-order valence-corrected chi connectivity index (χ3v) is 4.26. The summed E-state index contributed by atoms with van der Waals surface area (Å²) in [5.74, 6) is 0.782. The lowest BCUT2D eigenvalue weighted by molar-refractivity contribution is 0.0872. The summed E-state index contributed by atoms with van der Waals surface area (Å²) in [7, 11) is 0. The summed E-state index contributed by atoms with van der Waals surface area (Å²) < 4.78 is 5.62. The van der Waals surface area contributed by atoms with Gasteiger partial charge in [-0.1, -0.05) is 0 Å². The Morgan fingerprint density at radius 3 is 2.80 bits per heavy atom. The van der Waals surface area contributed by atoms with Crippen LogP contribution in [0.25, 0.3) is 0 Å². The van der Waals surface area contributed by atoms with E-state index in [1.165, 1.54) is 19.3 Å². The molecule has 15 heavy (non-hydrogen) atoms. The van der Waals surface area contributed by atoms with Gasteiger partial charge in [0, 0.05) is 18.2 Å². The molecule has 1 saturated carbocycles. The minimum absolute atomic E-state index is 0.187. The average molecular weight is 212 g/mol. The number of hydrogen-bond acceptors (Lipinski definition) is 3. The van der Waals surface area contributed by atoms with Crippen LogP contribution >= 0.6 is 0 Å². The topological polar surface area (TPSA) is 47.3 Å². The van der Waals surface area contributed by atoms with Gasteiger partial charge in [0.15, 0.2) is 0 Å². The Kier molecular flexibility index (Phi) is 3.33. The van der Waals surface area contributed by atoms with Crippen LogP contribution in [0, 0.1) is 5.92 Å². The molecular formula is C12H24N2O. The van der Waals surface area contributed by atoms with Crippen LogP contribution in [0.3, 0.4) is 0 Å². The van der Waals surface area contributed by atoms with Crippen molar-refractivity contribution in [2.45, 2.75) is 57.2 Å². The fourth-order valence-electron chi connectivity index (χ4n) is 2.74. The van der Waals surface area contributed by atoms with Gasteiger partial charge >= 0.3 is 0 Å². The molecule has 3 heteroatoms. The van der Waals surface area contributed by atoms with E-state index in [-0.39, 0.29) is 5.54 Å². The van der Waals surface area contributed by atoms with Crippen LogP contribution in [-0.4, -0.2) is 30.8 Å². The van der Waals surface area contributed by atoms with E-state index in [2.05, 4.69) is 19.2 Å². The highest BCUT2D eigenvalue weighted by molar-refractivity contribution is 4.94. The lowest BCUT2D eigenvalue weighted by Gasteiger charge is -2.30. The molecule has 4 unspecified atom stereocenters. The van der Waals surface area contributed by atoms with E-state index in [1.807, 2.05) is 0 Å². The number of rotatable bonds is 3. The zero-order valence-electron chi connectivity index (χ0n) is 9.96. The minimum Gasteiger partial charge on any atom is -0.377 e. The Morgan fingerprint density at radius 1 is 1.47 bits per heavy atom. The SMILES string of the molecule is CC1OCCC1(C)NCC1CCC(N)C1. The van der Waals surface area contributed by atoms with Crippen LogP contribution in [-0.2, 0) is 4.74 Å². The van der Waals surface area contributed by atoms with Crippen LogP contribution in [0.5, 0.6) is 0 Å². The molecule has 3 nitrogen and oxygen atoms in total. The summed E-state index contributed by atoms with van der Waals surface area (Å²) in [6.45, 7) is 6.45. The van der Waals surface area contributed by atoms with Crippen LogP contribution in [0.1, 0.15) is 39.5 Å². The number of nitrogens with two attached hydrogens (primary N) is 1. The standard InChI is InChI=1S/C12H24N2O/c1-9-12(2,5-6-15-9)14-8-10-3-4-11(13)7-10/h9-11,14H,3-8,13H2,1-2H3. The molecule has 0 bridgehead atoms. The van der Waals surface area contributed by atoms with E-state index in [1.54, 1.807) is 0 Å². The molecule has 0 amide bonds. The van der Waals surface area contributed by atoms with E-state index in [0.29, 0.717) is 12.1 Å². The first kappa shape index (κ1) is 11.4. The minimum atomic E-state index is 0.187. The third kappa shape index (κ3) is 2.52. The largest absolute Gasteiger partial charge is 0.377 e. The van der Waals surface area contributed by atoms with Gasteiger partial charge in [-0.15, -0.1) is 0 Å². The van der Waals surface area contributed by atoms with E-state index in [4.69, 9.17) is 10.5 Å². The second-order valence-electron chi connectivity index (χ2n) is 5.50. The zero-order valence-corrected chi connectivity index (χ0v) is 9.96. The van der Waals surface area contributed by atoms with E-state index in [0.717, 1.165) is 25.5 Å². The first-order chi connectivity index (χ1) is 7.10. The zero-order chi connectivity index (χ0) is 10.9. The molecule has 4 atom stereocenters. The Morgan fingerprint density at radius 2 is 2.27 bits per heavy atom. The molecule has 2 fully saturated rings. The van der Waals surface area contributed by atoms with Gasteiger partial charge in [0.1, 0.15) is 0 Å². The average Bonchev–Trinajstić information content (AvgIpc) is 2.73. The van der Waals surface area contributed by atoms with Gasteiger partial charge in [-0.25, -0.2) is 0 Å². The van der Waals surface area contributed by atoms with Crippen molar-refractivity contribution in [1.29, 1.82) is 0 Å². The highest BCUT2D eigenvalue weighted by atomic mass is 16.5. The third-order valence-electron chi connectivity index (χ3n) is 4.26. The molecule has 1 aliphatic heterocycles. The molecule has 1 heterocycles. The molecule has 3 N–H and O–H groups in total. The summed E-state index contributed by atoms with van der Waals surface area (Å²) in [6.07, 6.45) is 5.16. The van der Waals surface area contributed by atoms with Crippen molar-refractivity contribution in [3.05, 3.63) is 0 Å². The smallest absolute Gasteiger partial charge is 0.0726 e. The molecule has 0 aromatic heterocycles.